The van der Waals surface area contributed by atoms with Gasteiger partial charge in [0.1, 0.15) is 0 Å². The van der Waals surface area contributed by atoms with Gasteiger partial charge in [0.25, 0.3) is 0 Å². The van der Waals surface area contributed by atoms with Crippen LogP contribution in [0.4, 0.5) is 0 Å². The highest BCUT2D eigenvalue weighted by atomic mass is 127. The van der Waals surface area contributed by atoms with Crippen molar-refractivity contribution in [3.8, 4) is 0 Å². The monoisotopic (exact) mass is 436 g/mol. The van der Waals surface area contributed by atoms with E-state index in [1.165, 1.54) is 0 Å². The minimum atomic E-state index is 0. The van der Waals surface area contributed by atoms with Crippen LogP contribution >= 0.6 is 24.0 Å². The zero-order chi connectivity index (χ0) is 16.5. The van der Waals surface area contributed by atoms with E-state index in [0.717, 1.165) is 32.0 Å². The Balaban J connectivity index is 0.00000264. The van der Waals surface area contributed by atoms with E-state index in [9.17, 15) is 4.79 Å². The number of halogens is 1. The summed E-state index contributed by atoms with van der Waals surface area (Å²) in [6, 6.07) is 0.742. The van der Waals surface area contributed by atoms with Crippen molar-refractivity contribution in [2.45, 2.75) is 66.5 Å². The van der Waals surface area contributed by atoms with Gasteiger partial charge in [0.05, 0.1) is 0 Å². The lowest BCUT2D eigenvalue weighted by Crippen LogP contribution is -2.47. The molecule has 1 amide bonds. The van der Waals surface area contributed by atoms with E-state index < -0.39 is 0 Å². The molecule has 1 unspecified atom stereocenters. The standard InChI is InChI=1S/C17H32N4O.HI/c1-7-13(22)21-10-9-12(11-21)19-15(18-8-2)20-14-16(3,4)17(14,5)6;/h12,14H,7-11H2,1-6H3,(H2,18,19,20);1H. The second-order valence-electron chi connectivity index (χ2n) is 7.67. The molecule has 1 heterocycles. The first kappa shape index (κ1) is 20.5. The quantitative estimate of drug-likeness (QED) is 0.405. The van der Waals surface area contributed by atoms with Crippen LogP contribution in [-0.4, -0.2) is 48.5 Å². The SMILES string of the molecule is CCN=C(NC1CCN(C(=O)CC)C1)NC1C(C)(C)C1(C)C.I. The Kier molecular flexibility index (Phi) is 6.75. The fraction of sp³-hybridized carbons (Fsp3) is 0.882. The molecule has 23 heavy (non-hydrogen) atoms. The van der Waals surface area contributed by atoms with Crippen LogP contribution in [0.1, 0.15) is 54.4 Å². The van der Waals surface area contributed by atoms with Gasteiger partial charge in [0.15, 0.2) is 5.96 Å². The summed E-state index contributed by atoms with van der Waals surface area (Å²) in [6.45, 7) is 15.6. The zero-order valence-electron chi connectivity index (χ0n) is 15.4. The highest BCUT2D eigenvalue weighted by Gasteiger charge is 2.65. The maximum absolute atomic E-state index is 11.8. The first-order valence-corrected chi connectivity index (χ1v) is 8.59. The molecule has 0 aromatic heterocycles. The van der Waals surface area contributed by atoms with Crippen LogP contribution in [0.15, 0.2) is 4.99 Å². The van der Waals surface area contributed by atoms with Gasteiger partial charge < -0.3 is 15.5 Å². The molecule has 134 valence electrons. The highest BCUT2D eigenvalue weighted by Crippen LogP contribution is 2.62. The van der Waals surface area contributed by atoms with Crippen LogP contribution in [0.3, 0.4) is 0 Å². The summed E-state index contributed by atoms with van der Waals surface area (Å²) in [6.07, 6.45) is 1.58. The lowest BCUT2D eigenvalue weighted by atomic mass is 10.0. The molecule has 2 fully saturated rings. The van der Waals surface area contributed by atoms with Crippen LogP contribution < -0.4 is 10.6 Å². The van der Waals surface area contributed by atoms with Gasteiger partial charge in [-0.15, -0.1) is 24.0 Å². The van der Waals surface area contributed by atoms with Crippen LogP contribution in [0.2, 0.25) is 0 Å². The molecule has 0 radical (unpaired) electrons. The summed E-state index contributed by atoms with van der Waals surface area (Å²) in [5.74, 6) is 1.14. The second kappa shape index (κ2) is 7.57. The minimum absolute atomic E-state index is 0. The molecular weight excluding hydrogens is 403 g/mol. The minimum Gasteiger partial charge on any atom is -0.353 e. The number of carbonyl (C=O) groups excluding carboxylic acids is 1. The Morgan fingerprint density at radius 2 is 1.78 bits per heavy atom. The Bertz CT molecular complexity index is 448. The summed E-state index contributed by atoms with van der Waals surface area (Å²) in [5, 5.41) is 7.11. The molecule has 2 N–H and O–H groups in total. The summed E-state index contributed by atoms with van der Waals surface area (Å²) < 4.78 is 0. The normalized spacial score (nSPS) is 25.7. The molecule has 1 aliphatic carbocycles. The Labute approximate surface area is 158 Å². The molecule has 0 aromatic rings. The fourth-order valence-corrected chi connectivity index (χ4v) is 3.51. The van der Waals surface area contributed by atoms with E-state index in [1.807, 2.05) is 18.7 Å². The highest BCUT2D eigenvalue weighted by molar-refractivity contribution is 14.0. The van der Waals surface area contributed by atoms with E-state index in [2.05, 4.69) is 43.3 Å². The average molecular weight is 436 g/mol. The molecule has 1 saturated carbocycles. The predicted molar refractivity (Wildman–Crippen MR) is 106 cm³/mol. The van der Waals surface area contributed by atoms with E-state index in [-0.39, 0.29) is 40.7 Å². The van der Waals surface area contributed by atoms with Gasteiger partial charge in [0.2, 0.25) is 5.91 Å². The van der Waals surface area contributed by atoms with Gasteiger partial charge >= 0.3 is 0 Å². The molecule has 0 bridgehead atoms. The van der Waals surface area contributed by atoms with Gasteiger partial charge in [-0.1, -0.05) is 34.6 Å². The molecule has 2 rings (SSSR count). The molecule has 5 nitrogen and oxygen atoms in total. The first-order chi connectivity index (χ1) is 10.2. The van der Waals surface area contributed by atoms with Crippen molar-refractivity contribution in [2.75, 3.05) is 19.6 Å². The third-order valence-corrected chi connectivity index (χ3v) is 5.80. The van der Waals surface area contributed by atoms with Gasteiger partial charge in [-0.3, -0.25) is 9.79 Å². The van der Waals surface area contributed by atoms with E-state index >= 15 is 0 Å². The van der Waals surface area contributed by atoms with Crippen LogP contribution in [0.5, 0.6) is 0 Å². The van der Waals surface area contributed by atoms with Crippen molar-refractivity contribution in [1.29, 1.82) is 0 Å². The number of amides is 1. The average Bonchev–Trinajstić information content (AvgIpc) is 2.82. The summed E-state index contributed by atoms with van der Waals surface area (Å²) in [4.78, 5) is 18.3. The largest absolute Gasteiger partial charge is 0.353 e. The number of guanidine groups is 1. The maximum Gasteiger partial charge on any atom is 0.222 e. The number of hydrogen-bond acceptors (Lipinski definition) is 2. The van der Waals surface area contributed by atoms with Crippen molar-refractivity contribution in [1.82, 2.24) is 15.5 Å². The fourth-order valence-electron chi connectivity index (χ4n) is 3.51. The number of likely N-dealkylation sites (tertiary alicyclic amines) is 1. The van der Waals surface area contributed by atoms with Crippen molar-refractivity contribution in [3.05, 3.63) is 0 Å². The van der Waals surface area contributed by atoms with Crippen molar-refractivity contribution in [3.63, 3.8) is 0 Å². The van der Waals surface area contributed by atoms with Crippen molar-refractivity contribution in [2.24, 2.45) is 15.8 Å². The zero-order valence-corrected chi connectivity index (χ0v) is 17.7. The summed E-state index contributed by atoms with van der Waals surface area (Å²) in [7, 11) is 0. The van der Waals surface area contributed by atoms with Crippen LogP contribution in [0, 0.1) is 10.8 Å². The Morgan fingerprint density at radius 1 is 1.17 bits per heavy atom. The molecule has 2 aliphatic rings. The van der Waals surface area contributed by atoms with Crippen molar-refractivity contribution >= 4 is 35.8 Å². The summed E-state index contributed by atoms with van der Waals surface area (Å²) in [5.41, 5.74) is 0.562. The number of rotatable bonds is 4. The molecule has 1 saturated heterocycles. The van der Waals surface area contributed by atoms with Gasteiger partial charge in [-0.2, -0.15) is 0 Å². The van der Waals surface area contributed by atoms with E-state index in [0.29, 0.717) is 18.5 Å². The van der Waals surface area contributed by atoms with Crippen LogP contribution in [0.25, 0.3) is 0 Å². The van der Waals surface area contributed by atoms with Gasteiger partial charge in [0, 0.05) is 38.1 Å². The predicted octanol–water partition coefficient (Wildman–Crippen LogP) is 2.61. The number of aliphatic imine (C=N–C) groups is 1. The molecule has 1 atom stereocenters. The van der Waals surface area contributed by atoms with E-state index in [4.69, 9.17) is 0 Å². The maximum atomic E-state index is 11.8. The van der Waals surface area contributed by atoms with Gasteiger partial charge in [-0.05, 0) is 24.2 Å². The third kappa shape index (κ3) is 4.12. The number of carbonyl (C=O) groups is 1. The first-order valence-electron chi connectivity index (χ1n) is 8.59. The second-order valence-corrected chi connectivity index (χ2v) is 7.67. The number of nitrogens with zero attached hydrogens (tertiary/aromatic N) is 2. The molecule has 0 spiro atoms. The smallest absolute Gasteiger partial charge is 0.222 e. The Morgan fingerprint density at radius 3 is 2.26 bits per heavy atom. The lowest BCUT2D eigenvalue weighted by Gasteiger charge is -2.19. The summed E-state index contributed by atoms with van der Waals surface area (Å²) >= 11 is 0. The van der Waals surface area contributed by atoms with E-state index in [1.54, 1.807) is 0 Å². The molecule has 0 aromatic carbocycles. The molecule has 1 aliphatic heterocycles. The van der Waals surface area contributed by atoms with Crippen LogP contribution in [-0.2, 0) is 4.79 Å². The van der Waals surface area contributed by atoms with Gasteiger partial charge in [-0.25, -0.2) is 0 Å². The molecular formula is C17H33IN4O. The Hall–Kier alpha value is -0.530. The molecule has 6 heteroatoms. The van der Waals surface area contributed by atoms with Crippen molar-refractivity contribution < 1.29 is 4.79 Å². The topological polar surface area (TPSA) is 56.7 Å². The lowest BCUT2D eigenvalue weighted by molar-refractivity contribution is -0.129. The number of hydrogen-bond donors (Lipinski definition) is 2. The third-order valence-electron chi connectivity index (χ3n) is 5.80. The number of nitrogens with one attached hydrogen (secondary N) is 2.